The summed E-state index contributed by atoms with van der Waals surface area (Å²) in [6, 6.07) is 6.70. The normalized spacial score (nSPS) is 18.2. The van der Waals surface area contributed by atoms with Crippen LogP contribution < -0.4 is 5.32 Å². The van der Waals surface area contributed by atoms with Crippen LogP contribution in [-0.2, 0) is 19.5 Å². The van der Waals surface area contributed by atoms with Gasteiger partial charge in [0, 0.05) is 63.5 Å². The molecule has 2 aliphatic rings. The number of rotatable bonds is 3. The van der Waals surface area contributed by atoms with Gasteiger partial charge in [-0.2, -0.15) is 5.10 Å². The predicted molar refractivity (Wildman–Crippen MR) is 91.6 cm³/mol. The van der Waals surface area contributed by atoms with E-state index >= 15 is 0 Å². The summed E-state index contributed by atoms with van der Waals surface area (Å²) < 4.78 is 13.3. The van der Waals surface area contributed by atoms with Crippen LogP contribution in [0.15, 0.2) is 24.3 Å². The summed E-state index contributed by atoms with van der Waals surface area (Å²) in [5.41, 5.74) is 3.61. The molecule has 132 valence electrons. The van der Waals surface area contributed by atoms with Gasteiger partial charge in [-0.05, 0) is 17.7 Å². The van der Waals surface area contributed by atoms with Crippen molar-refractivity contribution in [2.75, 3.05) is 32.7 Å². The number of hydrogen-bond donors (Lipinski definition) is 2. The molecular formula is C18H22FN5O. The lowest BCUT2D eigenvalue weighted by atomic mass is 10.1. The van der Waals surface area contributed by atoms with Gasteiger partial charge in [0.15, 0.2) is 5.69 Å². The van der Waals surface area contributed by atoms with E-state index in [2.05, 4.69) is 20.4 Å². The van der Waals surface area contributed by atoms with Crippen LogP contribution in [0.5, 0.6) is 0 Å². The van der Waals surface area contributed by atoms with E-state index in [0.29, 0.717) is 31.9 Å². The van der Waals surface area contributed by atoms with Crippen LogP contribution in [0, 0.1) is 5.82 Å². The molecule has 1 aromatic carbocycles. The Morgan fingerprint density at radius 1 is 1.24 bits per heavy atom. The first-order valence-electron chi connectivity index (χ1n) is 8.73. The summed E-state index contributed by atoms with van der Waals surface area (Å²) in [6.45, 7) is 5.24. The SMILES string of the molecule is O=C(c1n[nH]c2c1CNCC2)N1CCN(Cc2cccc(F)c2)CC1. The molecule has 0 atom stereocenters. The smallest absolute Gasteiger partial charge is 0.274 e. The number of halogens is 1. The monoisotopic (exact) mass is 343 g/mol. The van der Waals surface area contributed by atoms with E-state index in [4.69, 9.17) is 0 Å². The molecule has 0 spiro atoms. The molecule has 6 nitrogen and oxygen atoms in total. The summed E-state index contributed by atoms with van der Waals surface area (Å²) in [5, 5.41) is 10.6. The lowest BCUT2D eigenvalue weighted by molar-refractivity contribution is 0.0621. The number of carbonyl (C=O) groups excluding carboxylic acids is 1. The number of aromatic amines is 1. The number of piperazine rings is 1. The number of carbonyl (C=O) groups is 1. The fourth-order valence-corrected chi connectivity index (χ4v) is 3.55. The van der Waals surface area contributed by atoms with E-state index in [1.165, 1.54) is 6.07 Å². The number of H-pyrrole nitrogens is 1. The minimum atomic E-state index is -0.205. The number of nitrogens with zero attached hydrogens (tertiary/aromatic N) is 3. The van der Waals surface area contributed by atoms with Crippen molar-refractivity contribution in [3.05, 3.63) is 52.6 Å². The van der Waals surface area contributed by atoms with Crippen molar-refractivity contribution in [2.45, 2.75) is 19.5 Å². The molecule has 1 amide bonds. The molecule has 0 saturated carbocycles. The van der Waals surface area contributed by atoms with E-state index in [9.17, 15) is 9.18 Å². The summed E-state index contributed by atoms with van der Waals surface area (Å²) in [7, 11) is 0. The summed E-state index contributed by atoms with van der Waals surface area (Å²) in [4.78, 5) is 16.9. The Hall–Kier alpha value is -2.25. The van der Waals surface area contributed by atoms with Gasteiger partial charge in [-0.15, -0.1) is 0 Å². The van der Waals surface area contributed by atoms with Crippen molar-refractivity contribution < 1.29 is 9.18 Å². The lowest BCUT2D eigenvalue weighted by Gasteiger charge is -2.34. The highest BCUT2D eigenvalue weighted by Crippen LogP contribution is 2.18. The molecule has 2 N–H and O–H groups in total. The minimum Gasteiger partial charge on any atom is -0.335 e. The molecule has 0 unspecified atom stereocenters. The lowest BCUT2D eigenvalue weighted by Crippen LogP contribution is -2.48. The fraction of sp³-hybridized carbons (Fsp3) is 0.444. The molecule has 1 fully saturated rings. The van der Waals surface area contributed by atoms with Crippen LogP contribution in [0.1, 0.15) is 27.3 Å². The molecule has 25 heavy (non-hydrogen) atoms. The number of hydrogen-bond acceptors (Lipinski definition) is 4. The third kappa shape index (κ3) is 3.43. The molecule has 7 heteroatoms. The maximum atomic E-state index is 13.3. The second kappa shape index (κ2) is 6.93. The van der Waals surface area contributed by atoms with Gasteiger partial charge in [-0.25, -0.2) is 4.39 Å². The van der Waals surface area contributed by atoms with Gasteiger partial charge >= 0.3 is 0 Å². The Labute approximate surface area is 146 Å². The first kappa shape index (κ1) is 16.2. The highest BCUT2D eigenvalue weighted by atomic mass is 19.1. The second-order valence-corrected chi connectivity index (χ2v) is 6.65. The summed E-state index contributed by atoms with van der Waals surface area (Å²) >= 11 is 0. The Bertz CT molecular complexity index is 767. The van der Waals surface area contributed by atoms with E-state index < -0.39 is 0 Å². The average molecular weight is 343 g/mol. The van der Waals surface area contributed by atoms with Crippen LogP contribution in [0.3, 0.4) is 0 Å². The molecule has 0 bridgehead atoms. The molecule has 1 aromatic heterocycles. The van der Waals surface area contributed by atoms with E-state index in [0.717, 1.165) is 42.9 Å². The molecule has 4 rings (SSSR count). The largest absolute Gasteiger partial charge is 0.335 e. The Morgan fingerprint density at radius 3 is 2.88 bits per heavy atom. The predicted octanol–water partition coefficient (Wildman–Crippen LogP) is 1.15. The maximum absolute atomic E-state index is 13.3. The number of fused-ring (bicyclic) bond motifs is 1. The van der Waals surface area contributed by atoms with Gasteiger partial charge in [0.05, 0.1) is 0 Å². The van der Waals surface area contributed by atoms with Gasteiger partial charge in [0.2, 0.25) is 0 Å². The van der Waals surface area contributed by atoms with E-state index in [1.54, 1.807) is 12.1 Å². The first-order chi connectivity index (χ1) is 12.2. The van der Waals surface area contributed by atoms with Gasteiger partial charge in [-0.1, -0.05) is 12.1 Å². The van der Waals surface area contributed by atoms with Crippen LogP contribution in [0.2, 0.25) is 0 Å². The number of aromatic nitrogens is 2. The molecule has 1 saturated heterocycles. The highest BCUT2D eigenvalue weighted by molar-refractivity contribution is 5.94. The van der Waals surface area contributed by atoms with Crippen LogP contribution in [0.25, 0.3) is 0 Å². The molecule has 0 aliphatic carbocycles. The zero-order valence-corrected chi connectivity index (χ0v) is 14.1. The maximum Gasteiger partial charge on any atom is 0.274 e. The van der Waals surface area contributed by atoms with Crippen molar-refractivity contribution in [1.29, 1.82) is 0 Å². The quantitative estimate of drug-likeness (QED) is 0.878. The Morgan fingerprint density at radius 2 is 2.08 bits per heavy atom. The van der Waals surface area contributed by atoms with Gasteiger partial charge in [0.25, 0.3) is 5.91 Å². The first-order valence-corrected chi connectivity index (χ1v) is 8.73. The molecule has 2 aliphatic heterocycles. The van der Waals surface area contributed by atoms with Gasteiger partial charge in [0.1, 0.15) is 5.82 Å². The minimum absolute atomic E-state index is 0.00612. The van der Waals surface area contributed by atoms with Gasteiger partial charge < -0.3 is 10.2 Å². The topological polar surface area (TPSA) is 64.3 Å². The molecule has 3 heterocycles. The zero-order valence-electron chi connectivity index (χ0n) is 14.1. The zero-order chi connectivity index (χ0) is 17.2. The fourth-order valence-electron chi connectivity index (χ4n) is 3.55. The second-order valence-electron chi connectivity index (χ2n) is 6.65. The highest BCUT2D eigenvalue weighted by Gasteiger charge is 2.28. The van der Waals surface area contributed by atoms with Crippen molar-refractivity contribution in [2.24, 2.45) is 0 Å². The Balaban J connectivity index is 1.37. The van der Waals surface area contributed by atoms with Crippen molar-refractivity contribution in [1.82, 2.24) is 25.3 Å². The molecule has 2 aromatic rings. The third-order valence-electron chi connectivity index (χ3n) is 4.96. The Kier molecular flexibility index (Phi) is 4.50. The molecular weight excluding hydrogens is 321 g/mol. The summed E-state index contributed by atoms with van der Waals surface area (Å²) in [6.07, 6.45) is 0.886. The number of nitrogens with one attached hydrogen (secondary N) is 2. The average Bonchev–Trinajstić information content (AvgIpc) is 3.06. The third-order valence-corrected chi connectivity index (χ3v) is 4.96. The number of benzene rings is 1. The van der Waals surface area contributed by atoms with Crippen molar-refractivity contribution >= 4 is 5.91 Å². The molecule has 0 radical (unpaired) electrons. The van der Waals surface area contributed by atoms with Crippen LogP contribution in [0.4, 0.5) is 4.39 Å². The van der Waals surface area contributed by atoms with Crippen molar-refractivity contribution in [3.63, 3.8) is 0 Å². The summed E-state index contributed by atoms with van der Waals surface area (Å²) in [5.74, 6) is -0.199. The van der Waals surface area contributed by atoms with E-state index in [-0.39, 0.29) is 11.7 Å². The standard InChI is InChI=1S/C18H22FN5O/c19-14-3-1-2-13(10-14)12-23-6-8-24(9-7-23)18(25)17-15-11-20-5-4-16(15)21-22-17/h1-3,10,20H,4-9,11-12H2,(H,21,22). The van der Waals surface area contributed by atoms with Crippen LogP contribution in [-0.4, -0.2) is 58.6 Å². The van der Waals surface area contributed by atoms with E-state index in [1.807, 2.05) is 11.0 Å². The van der Waals surface area contributed by atoms with Gasteiger partial charge in [-0.3, -0.25) is 14.8 Å². The van der Waals surface area contributed by atoms with Crippen molar-refractivity contribution in [3.8, 4) is 0 Å². The van der Waals surface area contributed by atoms with Crippen LogP contribution >= 0.6 is 0 Å². The number of amides is 1.